The summed E-state index contributed by atoms with van der Waals surface area (Å²) in [5.41, 5.74) is 5.63. The van der Waals surface area contributed by atoms with Crippen LogP contribution in [0.15, 0.2) is 72.8 Å². The number of hydrogen-bond acceptors (Lipinski definition) is 4. The molecule has 2 heterocycles. The van der Waals surface area contributed by atoms with Crippen molar-refractivity contribution < 1.29 is 19.1 Å². The Hall–Kier alpha value is -3.77. The minimum absolute atomic E-state index is 0.0695. The van der Waals surface area contributed by atoms with Gasteiger partial charge in [0.15, 0.2) is 0 Å². The van der Waals surface area contributed by atoms with E-state index in [0.717, 1.165) is 41.7 Å². The van der Waals surface area contributed by atoms with Crippen LogP contribution in [0.4, 0.5) is 5.69 Å². The fourth-order valence-corrected chi connectivity index (χ4v) is 6.81. The zero-order valence-corrected chi connectivity index (χ0v) is 19.7. The van der Waals surface area contributed by atoms with Crippen LogP contribution in [0.3, 0.4) is 0 Å². The number of amides is 3. The first-order valence-electron chi connectivity index (χ1n) is 12.7. The summed E-state index contributed by atoms with van der Waals surface area (Å²) in [5, 5.41) is 2.92. The molecule has 2 aliphatic heterocycles. The second-order valence-corrected chi connectivity index (χ2v) is 10.2. The molecule has 8 rings (SSSR count). The summed E-state index contributed by atoms with van der Waals surface area (Å²) < 4.78 is 5.57. The molecule has 5 aliphatic rings. The normalized spacial score (nSPS) is 27.6. The third-order valence-electron chi connectivity index (χ3n) is 8.35. The number of carbonyl (C=O) groups is 3. The summed E-state index contributed by atoms with van der Waals surface area (Å²) in [4.78, 5) is 41.6. The molecule has 2 bridgehead atoms. The van der Waals surface area contributed by atoms with Gasteiger partial charge in [0.25, 0.3) is 5.91 Å². The van der Waals surface area contributed by atoms with Crippen LogP contribution in [-0.2, 0) is 14.3 Å². The van der Waals surface area contributed by atoms with Crippen LogP contribution in [0.5, 0.6) is 0 Å². The summed E-state index contributed by atoms with van der Waals surface area (Å²) in [6, 6.07) is 23.2. The fourth-order valence-electron chi connectivity index (χ4n) is 6.81. The molecule has 3 atom stereocenters. The van der Waals surface area contributed by atoms with Crippen LogP contribution < -0.4 is 10.2 Å². The number of nitrogens with zero attached hydrogens (tertiary/aromatic N) is 1. The molecule has 1 N–H and O–H groups in total. The predicted molar refractivity (Wildman–Crippen MR) is 134 cm³/mol. The van der Waals surface area contributed by atoms with Gasteiger partial charge in [0.1, 0.15) is 0 Å². The van der Waals surface area contributed by atoms with E-state index in [1.807, 2.05) is 24.3 Å². The number of carbonyl (C=O) groups excluding carboxylic acids is 3. The first-order chi connectivity index (χ1) is 17.6. The molecule has 3 amide bonds. The molecule has 3 aromatic rings. The van der Waals surface area contributed by atoms with Crippen molar-refractivity contribution in [3.63, 3.8) is 0 Å². The summed E-state index contributed by atoms with van der Waals surface area (Å²) >= 11 is 0. The molecule has 2 saturated heterocycles. The van der Waals surface area contributed by atoms with Crippen molar-refractivity contribution in [3.8, 4) is 0 Å². The van der Waals surface area contributed by atoms with Crippen LogP contribution in [0.2, 0.25) is 0 Å². The maximum atomic E-state index is 13.8. The van der Waals surface area contributed by atoms with Gasteiger partial charge in [0, 0.05) is 30.6 Å². The van der Waals surface area contributed by atoms with E-state index < -0.39 is 11.8 Å². The van der Waals surface area contributed by atoms with E-state index >= 15 is 0 Å². The number of benzene rings is 3. The zero-order valence-electron chi connectivity index (χ0n) is 19.7. The number of anilines is 1. The molecular formula is C30H26N2O4. The van der Waals surface area contributed by atoms with Crippen LogP contribution in [-0.4, -0.2) is 37.0 Å². The molecule has 0 spiro atoms. The van der Waals surface area contributed by atoms with Gasteiger partial charge in [-0.05, 0) is 59.4 Å². The highest BCUT2D eigenvalue weighted by atomic mass is 16.5. The van der Waals surface area contributed by atoms with Gasteiger partial charge in [-0.2, -0.15) is 0 Å². The second kappa shape index (κ2) is 8.14. The number of ether oxygens (including phenoxy) is 1. The molecule has 0 radical (unpaired) electrons. The number of nitrogens with one attached hydrogen (secondary N) is 1. The largest absolute Gasteiger partial charge is 0.376 e. The van der Waals surface area contributed by atoms with Gasteiger partial charge in [0.05, 0.1) is 23.6 Å². The van der Waals surface area contributed by atoms with Gasteiger partial charge >= 0.3 is 0 Å². The maximum Gasteiger partial charge on any atom is 0.251 e. The number of hydrogen-bond donors (Lipinski definition) is 1. The van der Waals surface area contributed by atoms with E-state index in [9.17, 15) is 14.4 Å². The lowest BCUT2D eigenvalue weighted by Crippen LogP contribution is -2.41. The summed E-state index contributed by atoms with van der Waals surface area (Å²) in [5.74, 6) is -1.58. The minimum Gasteiger partial charge on any atom is -0.376 e. The second-order valence-electron chi connectivity index (χ2n) is 10.2. The van der Waals surface area contributed by atoms with E-state index in [0.29, 0.717) is 17.8 Å². The smallest absolute Gasteiger partial charge is 0.251 e. The molecule has 3 aromatic carbocycles. The standard InChI is InChI=1S/C30H26N2O4/c33-28(31-16-19-6-5-15-36-19)17-11-13-18(14-12-17)32-29(34)26-24-20-7-1-2-8-21(20)25(27(26)30(32)35)23-10-4-3-9-22(23)24/h1-4,7-14,19,24-27H,5-6,15-16H2,(H,31,33)/t19-,24?,25?,26-,27+/m1/s1. The maximum absolute atomic E-state index is 13.8. The molecule has 180 valence electrons. The summed E-state index contributed by atoms with van der Waals surface area (Å²) in [6.45, 7) is 1.23. The van der Waals surface area contributed by atoms with Gasteiger partial charge < -0.3 is 10.1 Å². The van der Waals surface area contributed by atoms with Crippen molar-refractivity contribution in [3.05, 3.63) is 101 Å². The van der Waals surface area contributed by atoms with E-state index in [4.69, 9.17) is 4.74 Å². The van der Waals surface area contributed by atoms with E-state index in [1.165, 1.54) is 4.90 Å². The van der Waals surface area contributed by atoms with E-state index in [2.05, 4.69) is 29.6 Å². The van der Waals surface area contributed by atoms with Crippen molar-refractivity contribution in [1.82, 2.24) is 5.32 Å². The molecule has 36 heavy (non-hydrogen) atoms. The van der Waals surface area contributed by atoms with Gasteiger partial charge in [-0.1, -0.05) is 48.5 Å². The quantitative estimate of drug-likeness (QED) is 0.576. The molecule has 2 fully saturated rings. The Labute approximate surface area is 209 Å². The molecule has 3 aliphatic carbocycles. The molecule has 0 aromatic heterocycles. The lowest BCUT2D eigenvalue weighted by Gasteiger charge is -2.45. The average Bonchev–Trinajstić information content (AvgIpc) is 3.54. The third-order valence-corrected chi connectivity index (χ3v) is 8.35. The van der Waals surface area contributed by atoms with Crippen molar-refractivity contribution in [1.29, 1.82) is 0 Å². The molecule has 6 heteroatoms. The highest BCUT2D eigenvalue weighted by Gasteiger charge is 2.61. The Bertz CT molecular complexity index is 1280. The van der Waals surface area contributed by atoms with Crippen molar-refractivity contribution in [2.24, 2.45) is 11.8 Å². The lowest BCUT2D eigenvalue weighted by molar-refractivity contribution is -0.122. The van der Waals surface area contributed by atoms with Crippen molar-refractivity contribution >= 4 is 23.4 Å². The average molecular weight is 479 g/mol. The Morgan fingerprint density at radius 3 is 1.81 bits per heavy atom. The summed E-state index contributed by atoms with van der Waals surface area (Å²) in [6.07, 6.45) is 2.05. The highest BCUT2D eigenvalue weighted by molar-refractivity contribution is 6.23. The van der Waals surface area contributed by atoms with Gasteiger partial charge in [-0.25, -0.2) is 4.90 Å². The third kappa shape index (κ3) is 3.04. The molecule has 6 nitrogen and oxygen atoms in total. The van der Waals surface area contributed by atoms with Crippen LogP contribution >= 0.6 is 0 Å². The van der Waals surface area contributed by atoms with Crippen LogP contribution in [0.1, 0.15) is 57.3 Å². The first kappa shape index (κ1) is 21.5. The number of rotatable bonds is 4. The SMILES string of the molecule is O=C(NC[C@H]1CCCO1)c1ccc(N2C(=O)[C@@H]3C4c5ccccc5C(c5ccccc54)[C@@H]3C2=O)cc1. The van der Waals surface area contributed by atoms with Crippen molar-refractivity contribution in [2.45, 2.75) is 30.8 Å². The Kier molecular flexibility index (Phi) is 4.86. The highest BCUT2D eigenvalue weighted by Crippen LogP contribution is 2.61. The lowest BCUT2D eigenvalue weighted by atomic mass is 9.55. The first-order valence-corrected chi connectivity index (χ1v) is 12.7. The Balaban J connectivity index is 1.19. The van der Waals surface area contributed by atoms with Crippen molar-refractivity contribution in [2.75, 3.05) is 18.1 Å². The van der Waals surface area contributed by atoms with Crippen LogP contribution in [0.25, 0.3) is 0 Å². The fraction of sp³-hybridized carbons (Fsp3) is 0.300. The van der Waals surface area contributed by atoms with Crippen LogP contribution in [0, 0.1) is 11.8 Å². The Morgan fingerprint density at radius 2 is 1.33 bits per heavy atom. The Morgan fingerprint density at radius 1 is 0.806 bits per heavy atom. The van der Waals surface area contributed by atoms with E-state index in [1.54, 1.807) is 24.3 Å². The summed E-state index contributed by atoms with van der Waals surface area (Å²) in [7, 11) is 0. The minimum atomic E-state index is -0.415. The van der Waals surface area contributed by atoms with Gasteiger partial charge in [-0.15, -0.1) is 0 Å². The predicted octanol–water partition coefficient (Wildman–Crippen LogP) is 3.99. The number of imide groups is 1. The molecule has 0 saturated carbocycles. The van der Waals surface area contributed by atoms with Gasteiger partial charge in [-0.3, -0.25) is 14.4 Å². The monoisotopic (exact) mass is 478 g/mol. The topological polar surface area (TPSA) is 75.7 Å². The van der Waals surface area contributed by atoms with Gasteiger partial charge in [0.2, 0.25) is 11.8 Å². The molecular weight excluding hydrogens is 452 g/mol. The zero-order chi connectivity index (χ0) is 24.4. The molecule has 0 unspecified atom stereocenters. The van der Waals surface area contributed by atoms with E-state index in [-0.39, 0.29) is 35.7 Å².